The van der Waals surface area contributed by atoms with Crippen molar-refractivity contribution in [2.24, 2.45) is 0 Å². The smallest absolute Gasteiger partial charge is 0.243 e. The van der Waals surface area contributed by atoms with Gasteiger partial charge in [0, 0.05) is 32.6 Å². The zero-order chi connectivity index (χ0) is 23.0. The van der Waals surface area contributed by atoms with Crippen LogP contribution in [0.15, 0.2) is 53.4 Å². The second-order valence-electron chi connectivity index (χ2n) is 7.78. The lowest BCUT2D eigenvalue weighted by molar-refractivity contribution is -0.131. The highest BCUT2D eigenvalue weighted by Crippen LogP contribution is 2.19. The maximum absolute atomic E-state index is 12.8. The maximum atomic E-state index is 12.8. The van der Waals surface area contributed by atoms with Crippen LogP contribution in [-0.2, 0) is 32.5 Å². The van der Waals surface area contributed by atoms with Crippen LogP contribution >= 0.6 is 0 Å². The van der Waals surface area contributed by atoms with E-state index in [1.807, 2.05) is 24.0 Å². The number of nitrogens with zero attached hydrogens (tertiary/aromatic N) is 3. The SMILES string of the molecule is CCCN(Cc1ccc(C#N)cc1)C(=O)CCc1ccc(S(=O)(=O)N2CCOCC2)cc1. The molecule has 0 bridgehead atoms. The third-order valence-corrected chi connectivity index (χ3v) is 7.37. The van der Waals surface area contributed by atoms with Crippen LogP contribution in [0, 0.1) is 11.3 Å². The molecule has 1 aliphatic rings. The normalized spacial score (nSPS) is 14.6. The standard InChI is InChI=1S/C24H29N3O4S/c1-2-13-26(19-22-5-3-21(18-25)4-6-22)24(28)12-9-20-7-10-23(11-8-20)32(29,30)27-14-16-31-17-15-27/h3-8,10-11H,2,9,12-17,19H2,1H3. The van der Waals surface area contributed by atoms with Gasteiger partial charge in [-0.2, -0.15) is 9.57 Å². The van der Waals surface area contributed by atoms with Crippen LogP contribution in [0.1, 0.15) is 36.5 Å². The first kappa shape index (κ1) is 23.9. The van der Waals surface area contributed by atoms with Crippen molar-refractivity contribution in [1.29, 1.82) is 5.26 Å². The Kier molecular flexibility index (Phi) is 8.39. The third kappa shape index (κ3) is 6.16. The van der Waals surface area contributed by atoms with E-state index in [2.05, 4.69) is 6.07 Å². The molecule has 0 N–H and O–H groups in total. The zero-order valence-corrected chi connectivity index (χ0v) is 19.2. The van der Waals surface area contributed by atoms with Crippen LogP contribution in [-0.4, -0.2) is 56.4 Å². The Bertz CT molecular complexity index is 1040. The molecule has 2 aromatic carbocycles. The van der Waals surface area contributed by atoms with Gasteiger partial charge in [-0.15, -0.1) is 0 Å². The number of morpholine rings is 1. The molecule has 32 heavy (non-hydrogen) atoms. The Morgan fingerprint density at radius 2 is 1.69 bits per heavy atom. The number of benzene rings is 2. The van der Waals surface area contributed by atoms with Gasteiger partial charge in [0.05, 0.1) is 29.7 Å². The topological polar surface area (TPSA) is 90.7 Å². The Balaban J connectivity index is 1.59. The summed E-state index contributed by atoms with van der Waals surface area (Å²) < 4.78 is 32.1. The molecule has 0 atom stereocenters. The number of carbonyl (C=O) groups is 1. The van der Waals surface area contributed by atoms with E-state index in [4.69, 9.17) is 10.00 Å². The fourth-order valence-corrected chi connectivity index (χ4v) is 5.05. The van der Waals surface area contributed by atoms with Crippen molar-refractivity contribution in [1.82, 2.24) is 9.21 Å². The summed E-state index contributed by atoms with van der Waals surface area (Å²) in [6, 6.07) is 16.2. The van der Waals surface area contributed by atoms with E-state index in [-0.39, 0.29) is 10.8 Å². The average Bonchev–Trinajstić information content (AvgIpc) is 2.83. The summed E-state index contributed by atoms with van der Waals surface area (Å²) in [6.07, 6.45) is 1.76. The van der Waals surface area contributed by atoms with Crippen LogP contribution in [0.5, 0.6) is 0 Å². The van der Waals surface area contributed by atoms with Crippen LogP contribution in [0.25, 0.3) is 0 Å². The molecule has 0 saturated carbocycles. The quantitative estimate of drug-likeness (QED) is 0.580. The summed E-state index contributed by atoms with van der Waals surface area (Å²) in [6.45, 7) is 4.76. The summed E-state index contributed by atoms with van der Waals surface area (Å²) in [5, 5.41) is 8.93. The van der Waals surface area contributed by atoms with Crippen LogP contribution in [0.4, 0.5) is 0 Å². The second kappa shape index (κ2) is 11.2. The lowest BCUT2D eigenvalue weighted by Crippen LogP contribution is -2.40. The van der Waals surface area contributed by atoms with Gasteiger partial charge in [-0.1, -0.05) is 31.2 Å². The number of hydrogen-bond donors (Lipinski definition) is 0. The molecule has 1 heterocycles. The molecule has 0 aromatic heterocycles. The van der Waals surface area contributed by atoms with Crippen molar-refractivity contribution in [2.45, 2.75) is 37.6 Å². The number of ether oxygens (including phenoxy) is 1. The molecule has 1 amide bonds. The third-order valence-electron chi connectivity index (χ3n) is 5.46. The molecule has 8 heteroatoms. The van der Waals surface area contributed by atoms with Gasteiger partial charge in [-0.25, -0.2) is 8.42 Å². The van der Waals surface area contributed by atoms with Crippen molar-refractivity contribution in [2.75, 3.05) is 32.8 Å². The number of nitriles is 1. The first-order valence-electron chi connectivity index (χ1n) is 10.9. The van der Waals surface area contributed by atoms with Crippen LogP contribution in [0.3, 0.4) is 0 Å². The number of hydrogen-bond acceptors (Lipinski definition) is 5. The van der Waals surface area contributed by atoms with E-state index in [0.717, 1.165) is 17.5 Å². The predicted octanol–water partition coefficient (Wildman–Crippen LogP) is 2.95. The monoisotopic (exact) mass is 455 g/mol. The molecule has 0 unspecified atom stereocenters. The van der Waals surface area contributed by atoms with Gasteiger partial charge in [0.1, 0.15) is 0 Å². The second-order valence-corrected chi connectivity index (χ2v) is 9.72. The van der Waals surface area contributed by atoms with Gasteiger partial charge >= 0.3 is 0 Å². The zero-order valence-electron chi connectivity index (χ0n) is 18.4. The van der Waals surface area contributed by atoms with Gasteiger partial charge in [-0.05, 0) is 48.2 Å². The lowest BCUT2D eigenvalue weighted by Gasteiger charge is -2.26. The summed E-state index contributed by atoms with van der Waals surface area (Å²) in [5.74, 6) is 0.0567. The Morgan fingerprint density at radius 1 is 1.06 bits per heavy atom. The summed E-state index contributed by atoms with van der Waals surface area (Å²) >= 11 is 0. The number of amides is 1. The number of aryl methyl sites for hydroxylation is 1. The largest absolute Gasteiger partial charge is 0.379 e. The van der Waals surface area contributed by atoms with E-state index in [9.17, 15) is 13.2 Å². The van der Waals surface area contributed by atoms with Crippen LogP contribution in [0.2, 0.25) is 0 Å². The Labute approximate surface area is 190 Å². The van der Waals surface area contributed by atoms with Crippen molar-refractivity contribution < 1.29 is 17.9 Å². The molecule has 1 fully saturated rings. The van der Waals surface area contributed by atoms with Crippen molar-refractivity contribution in [3.63, 3.8) is 0 Å². The number of rotatable bonds is 9. The molecule has 1 aliphatic heterocycles. The molecular formula is C24H29N3O4S. The van der Waals surface area contributed by atoms with Crippen molar-refractivity contribution in [3.05, 3.63) is 65.2 Å². The molecule has 170 valence electrons. The van der Waals surface area contributed by atoms with E-state index in [1.165, 1.54) is 4.31 Å². The van der Waals surface area contributed by atoms with E-state index >= 15 is 0 Å². The lowest BCUT2D eigenvalue weighted by atomic mass is 10.1. The molecule has 2 aromatic rings. The predicted molar refractivity (Wildman–Crippen MR) is 121 cm³/mol. The van der Waals surface area contributed by atoms with E-state index in [1.54, 1.807) is 36.4 Å². The van der Waals surface area contributed by atoms with E-state index in [0.29, 0.717) is 57.8 Å². The van der Waals surface area contributed by atoms with Gasteiger partial charge in [0.15, 0.2) is 0 Å². The minimum atomic E-state index is -3.51. The van der Waals surface area contributed by atoms with Gasteiger partial charge in [-0.3, -0.25) is 4.79 Å². The van der Waals surface area contributed by atoms with Gasteiger partial charge in [0.2, 0.25) is 15.9 Å². The average molecular weight is 456 g/mol. The molecular weight excluding hydrogens is 426 g/mol. The number of sulfonamides is 1. The molecule has 0 radical (unpaired) electrons. The highest BCUT2D eigenvalue weighted by atomic mass is 32.2. The first-order valence-corrected chi connectivity index (χ1v) is 12.3. The van der Waals surface area contributed by atoms with Gasteiger partial charge < -0.3 is 9.64 Å². The van der Waals surface area contributed by atoms with Crippen molar-refractivity contribution in [3.8, 4) is 6.07 Å². The van der Waals surface area contributed by atoms with Crippen LogP contribution < -0.4 is 0 Å². The molecule has 3 rings (SSSR count). The minimum Gasteiger partial charge on any atom is -0.379 e. The highest BCUT2D eigenvalue weighted by Gasteiger charge is 2.26. The molecule has 0 spiro atoms. The molecule has 7 nitrogen and oxygen atoms in total. The van der Waals surface area contributed by atoms with Gasteiger partial charge in [0.25, 0.3) is 0 Å². The Hall–Kier alpha value is -2.73. The summed E-state index contributed by atoms with van der Waals surface area (Å²) in [7, 11) is -3.51. The molecule has 1 saturated heterocycles. The first-order chi connectivity index (χ1) is 15.4. The van der Waals surface area contributed by atoms with E-state index < -0.39 is 10.0 Å². The Morgan fingerprint density at radius 3 is 2.28 bits per heavy atom. The number of carbonyl (C=O) groups excluding carboxylic acids is 1. The fourth-order valence-electron chi connectivity index (χ4n) is 3.64. The molecule has 0 aliphatic carbocycles. The minimum absolute atomic E-state index is 0.0567. The van der Waals surface area contributed by atoms with Crippen molar-refractivity contribution >= 4 is 15.9 Å². The maximum Gasteiger partial charge on any atom is 0.243 e. The summed E-state index contributed by atoms with van der Waals surface area (Å²) in [4.78, 5) is 14.9. The highest BCUT2D eigenvalue weighted by molar-refractivity contribution is 7.89. The fraction of sp³-hybridized carbons (Fsp3) is 0.417. The summed E-state index contributed by atoms with van der Waals surface area (Å²) in [5.41, 5.74) is 2.51.